The number of rotatable bonds is 5. The Hall–Kier alpha value is -3.28. The van der Waals surface area contributed by atoms with Crippen LogP contribution in [0.2, 0.25) is 0 Å². The fourth-order valence-corrected chi connectivity index (χ4v) is 4.09. The van der Waals surface area contributed by atoms with Crippen molar-refractivity contribution in [2.45, 2.75) is 45.1 Å². The molecule has 6 nitrogen and oxygen atoms in total. The molecule has 0 N–H and O–H groups in total. The van der Waals surface area contributed by atoms with E-state index in [0.29, 0.717) is 11.1 Å². The van der Waals surface area contributed by atoms with Gasteiger partial charge in [-0.3, -0.25) is 19.3 Å². The Labute approximate surface area is 174 Å². The number of esters is 1. The summed E-state index contributed by atoms with van der Waals surface area (Å²) in [6.45, 7) is 1.53. The summed E-state index contributed by atoms with van der Waals surface area (Å²) in [5.74, 6) is -1.66. The van der Waals surface area contributed by atoms with Gasteiger partial charge in [-0.2, -0.15) is 0 Å². The second kappa shape index (κ2) is 8.22. The molecule has 154 valence electrons. The van der Waals surface area contributed by atoms with E-state index < -0.39 is 5.97 Å². The molecule has 1 fully saturated rings. The highest BCUT2D eigenvalue weighted by Gasteiger charge is 2.40. The summed E-state index contributed by atoms with van der Waals surface area (Å²) in [4.78, 5) is 51.6. The van der Waals surface area contributed by atoms with Gasteiger partial charge in [0.05, 0.1) is 16.7 Å². The number of carbonyl (C=O) groups excluding carboxylic acids is 4. The van der Waals surface area contributed by atoms with E-state index >= 15 is 0 Å². The van der Waals surface area contributed by atoms with Gasteiger partial charge in [0.1, 0.15) is 0 Å². The Morgan fingerprint density at radius 2 is 1.53 bits per heavy atom. The largest absolute Gasteiger partial charge is 0.454 e. The van der Waals surface area contributed by atoms with Crippen molar-refractivity contribution in [2.24, 2.45) is 0 Å². The normalized spacial score (nSPS) is 16.5. The topological polar surface area (TPSA) is 80.8 Å². The van der Waals surface area contributed by atoms with E-state index in [0.717, 1.165) is 37.7 Å². The second-order valence-corrected chi connectivity index (χ2v) is 7.90. The molecule has 1 aliphatic heterocycles. The summed E-state index contributed by atoms with van der Waals surface area (Å²) in [6, 6.07) is 11.3. The Kier molecular flexibility index (Phi) is 5.48. The van der Waals surface area contributed by atoms with E-state index in [9.17, 15) is 19.2 Å². The van der Waals surface area contributed by atoms with Gasteiger partial charge >= 0.3 is 5.97 Å². The van der Waals surface area contributed by atoms with Crippen LogP contribution in [-0.4, -0.2) is 41.1 Å². The van der Waals surface area contributed by atoms with Crippen LogP contribution in [-0.2, 0) is 4.74 Å². The van der Waals surface area contributed by atoms with Crippen molar-refractivity contribution >= 4 is 23.6 Å². The van der Waals surface area contributed by atoms with Gasteiger partial charge in [0.25, 0.3) is 11.8 Å². The van der Waals surface area contributed by atoms with Crippen LogP contribution in [0.5, 0.6) is 0 Å². The summed E-state index contributed by atoms with van der Waals surface area (Å²) in [6.07, 6.45) is 4.77. The van der Waals surface area contributed by atoms with E-state index in [1.165, 1.54) is 23.1 Å². The fraction of sp³-hybridized carbons (Fsp3) is 0.333. The number of ether oxygens (including phenoxy) is 1. The summed E-state index contributed by atoms with van der Waals surface area (Å²) < 4.78 is 5.14. The number of benzene rings is 2. The zero-order valence-electron chi connectivity index (χ0n) is 16.8. The van der Waals surface area contributed by atoms with E-state index in [1.54, 1.807) is 12.1 Å². The fourth-order valence-electron chi connectivity index (χ4n) is 4.09. The number of ketones is 1. The summed E-state index contributed by atoms with van der Waals surface area (Å²) in [7, 11) is 0. The van der Waals surface area contributed by atoms with Crippen molar-refractivity contribution in [3.05, 3.63) is 70.3 Å². The molecule has 0 radical (unpaired) electrons. The van der Waals surface area contributed by atoms with Crippen molar-refractivity contribution in [3.8, 4) is 0 Å². The number of amides is 2. The summed E-state index contributed by atoms with van der Waals surface area (Å²) >= 11 is 0. The second-order valence-electron chi connectivity index (χ2n) is 7.90. The molecule has 2 aliphatic rings. The van der Waals surface area contributed by atoms with Gasteiger partial charge in [-0.1, -0.05) is 49.1 Å². The SMILES string of the molecule is Cc1ccc(C(=O)COC(=O)c2ccc3c(c2)C(=O)N(C2CCCCC2)C3=O)cc1. The number of aryl methyl sites for hydroxylation is 1. The maximum atomic E-state index is 12.9. The first-order chi connectivity index (χ1) is 14.5. The highest BCUT2D eigenvalue weighted by atomic mass is 16.5. The molecule has 6 heteroatoms. The lowest BCUT2D eigenvalue weighted by Gasteiger charge is -2.29. The number of carbonyl (C=O) groups is 4. The summed E-state index contributed by atoms with van der Waals surface area (Å²) in [5, 5.41) is 0. The predicted molar refractivity (Wildman–Crippen MR) is 110 cm³/mol. The number of imide groups is 1. The first kappa shape index (κ1) is 20.0. The zero-order valence-corrected chi connectivity index (χ0v) is 16.8. The van der Waals surface area contributed by atoms with Crippen molar-refractivity contribution < 1.29 is 23.9 Å². The highest BCUT2D eigenvalue weighted by molar-refractivity contribution is 6.22. The van der Waals surface area contributed by atoms with Gasteiger partial charge in [0.2, 0.25) is 0 Å². The van der Waals surface area contributed by atoms with E-state index in [2.05, 4.69) is 0 Å². The van der Waals surface area contributed by atoms with E-state index in [1.807, 2.05) is 19.1 Å². The zero-order chi connectivity index (χ0) is 21.3. The number of fused-ring (bicyclic) bond motifs is 1. The molecule has 2 aromatic rings. The summed E-state index contributed by atoms with van der Waals surface area (Å²) in [5.41, 5.74) is 2.19. The molecule has 0 atom stereocenters. The number of nitrogens with zero attached hydrogens (tertiary/aromatic N) is 1. The van der Waals surface area contributed by atoms with Crippen molar-refractivity contribution in [3.63, 3.8) is 0 Å². The number of hydrogen-bond donors (Lipinski definition) is 0. The highest BCUT2D eigenvalue weighted by Crippen LogP contribution is 2.31. The first-order valence-electron chi connectivity index (χ1n) is 10.2. The van der Waals surface area contributed by atoms with Crippen molar-refractivity contribution in [2.75, 3.05) is 6.61 Å². The van der Waals surface area contributed by atoms with Crippen molar-refractivity contribution in [1.82, 2.24) is 4.90 Å². The smallest absolute Gasteiger partial charge is 0.338 e. The van der Waals surface area contributed by atoms with Gasteiger partial charge in [0.15, 0.2) is 12.4 Å². The molecule has 0 unspecified atom stereocenters. The molecule has 2 amide bonds. The Bertz CT molecular complexity index is 1020. The lowest BCUT2D eigenvalue weighted by atomic mass is 9.94. The van der Waals surface area contributed by atoms with Crippen LogP contribution in [0.3, 0.4) is 0 Å². The van der Waals surface area contributed by atoms with Crippen molar-refractivity contribution in [1.29, 1.82) is 0 Å². The quantitative estimate of drug-likeness (QED) is 0.427. The third-order valence-corrected chi connectivity index (χ3v) is 5.80. The Morgan fingerprint density at radius 3 is 2.23 bits per heavy atom. The van der Waals surface area contributed by atoms with Gasteiger partial charge in [-0.25, -0.2) is 4.79 Å². The molecule has 0 spiro atoms. The standard InChI is InChI=1S/C24H23NO5/c1-15-7-9-16(10-8-15)21(26)14-30-24(29)17-11-12-19-20(13-17)23(28)25(22(19)27)18-5-3-2-4-6-18/h7-13,18H,2-6,14H2,1H3. The van der Waals surface area contributed by atoms with Gasteiger partial charge in [-0.15, -0.1) is 0 Å². The number of Topliss-reactive ketones (excluding diaryl/α,β-unsaturated/α-hetero) is 1. The monoisotopic (exact) mass is 405 g/mol. The van der Waals surface area contributed by atoms with Crippen LogP contribution in [0, 0.1) is 6.92 Å². The maximum Gasteiger partial charge on any atom is 0.338 e. The lowest BCUT2D eigenvalue weighted by Crippen LogP contribution is -2.40. The molecule has 0 saturated heterocycles. The molecule has 4 rings (SSSR count). The average Bonchev–Trinajstić information content (AvgIpc) is 3.02. The third-order valence-electron chi connectivity index (χ3n) is 5.80. The van der Waals surface area contributed by atoms with Crippen LogP contribution in [0.25, 0.3) is 0 Å². The van der Waals surface area contributed by atoms with Gasteiger partial charge in [0, 0.05) is 11.6 Å². The maximum absolute atomic E-state index is 12.9. The van der Waals surface area contributed by atoms with Crippen LogP contribution < -0.4 is 0 Å². The minimum absolute atomic E-state index is 0.0753. The lowest BCUT2D eigenvalue weighted by molar-refractivity contribution is 0.0474. The van der Waals surface area contributed by atoms with Gasteiger partial charge in [-0.05, 0) is 38.0 Å². The van der Waals surface area contributed by atoms with Gasteiger partial charge < -0.3 is 4.74 Å². The Balaban J connectivity index is 1.45. The minimum Gasteiger partial charge on any atom is -0.454 e. The van der Waals surface area contributed by atoms with Crippen LogP contribution >= 0.6 is 0 Å². The molecule has 1 aliphatic carbocycles. The van der Waals surface area contributed by atoms with Crippen LogP contribution in [0.15, 0.2) is 42.5 Å². The molecule has 2 aromatic carbocycles. The molecule has 0 aromatic heterocycles. The molecule has 30 heavy (non-hydrogen) atoms. The Morgan fingerprint density at radius 1 is 0.900 bits per heavy atom. The van der Waals surface area contributed by atoms with Crippen LogP contribution in [0.4, 0.5) is 0 Å². The van der Waals surface area contributed by atoms with Crippen LogP contribution in [0.1, 0.15) is 79.1 Å². The average molecular weight is 405 g/mol. The minimum atomic E-state index is -0.699. The molecule has 1 heterocycles. The van der Waals surface area contributed by atoms with E-state index in [4.69, 9.17) is 4.74 Å². The van der Waals surface area contributed by atoms with E-state index in [-0.39, 0.29) is 41.4 Å². The third kappa shape index (κ3) is 3.77. The number of hydrogen-bond acceptors (Lipinski definition) is 5. The predicted octanol–water partition coefficient (Wildman–Crippen LogP) is 3.96. The molecule has 1 saturated carbocycles. The first-order valence-corrected chi connectivity index (χ1v) is 10.2. The molecular weight excluding hydrogens is 382 g/mol. The molecule has 0 bridgehead atoms. The molecular formula is C24H23NO5.